The zero-order chi connectivity index (χ0) is 13.4. The fraction of sp³-hybridized carbons (Fsp3) is 0.364. The zero-order valence-corrected chi connectivity index (χ0v) is 11.6. The molecule has 0 aliphatic rings. The molecule has 1 aromatic carbocycles. The number of hydrogen-bond donors (Lipinski definition) is 3. The highest BCUT2D eigenvalue weighted by Crippen LogP contribution is 2.19. The highest BCUT2D eigenvalue weighted by atomic mass is 79.9. The smallest absolute Gasteiger partial charge is 0.210 e. The van der Waals surface area contributed by atoms with Crippen molar-refractivity contribution in [2.45, 2.75) is 6.42 Å². The summed E-state index contributed by atoms with van der Waals surface area (Å²) in [5.74, 6) is 5.44. The molecule has 18 heavy (non-hydrogen) atoms. The third kappa shape index (κ3) is 4.99. The van der Waals surface area contributed by atoms with Gasteiger partial charge in [0.25, 0.3) is 0 Å². The monoisotopic (exact) mass is 318 g/mol. The second-order valence-corrected chi connectivity index (χ2v) is 4.33. The van der Waals surface area contributed by atoms with Crippen molar-refractivity contribution in [3.05, 3.63) is 28.5 Å². The van der Waals surface area contributed by atoms with Gasteiger partial charge < -0.3 is 10.1 Å². The lowest BCUT2D eigenvalue weighted by Crippen LogP contribution is -2.36. The topological polar surface area (TPSA) is 71.7 Å². The summed E-state index contributed by atoms with van der Waals surface area (Å²) in [5, 5.41) is 2.95. The van der Waals surface area contributed by atoms with Crippen LogP contribution in [-0.2, 0) is 4.74 Å². The van der Waals surface area contributed by atoms with Crippen molar-refractivity contribution in [3.8, 4) is 0 Å². The molecule has 0 aromatic heterocycles. The second-order valence-electron chi connectivity index (χ2n) is 3.47. The lowest BCUT2D eigenvalue weighted by Gasteiger charge is -2.09. The molecule has 0 radical (unpaired) electrons. The van der Waals surface area contributed by atoms with Gasteiger partial charge in [0.05, 0.1) is 4.47 Å². The summed E-state index contributed by atoms with van der Waals surface area (Å²) in [7, 11) is 1.64. The van der Waals surface area contributed by atoms with Gasteiger partial charge in [-0.2, -0.15) is 0 Å². The number of methoxy groups -OCH3 is 1. The number of nitrogens with one attached hydrogen (secondary N) is 2. The number of nitrogens with two attached hydrogens (primary N) is 1. The van der Waals surface area contributed by atoms with Gasteiger partial charge in [-0.3, -0.25) is 10.4 Å². The van der Waals surface area contributed by atoms with Crippen LogP contribution in [0.4, 0.5) is 10.1 Å². The molecule has 0 heterocycles. The van der Waals surface area contributed by atoms with Gasteiger partial charge in [-0.25, -0.2) is 10.2 Å². The van der Waals surface area contributed by atoms with E-state index in [4.69, 9.17) is 10.6 Å². The van der Waals surface area contributed by atoms with E-state index < -0.39 is 0 Å². The summed E-state index contributed by atoms with van der Waals surface area (Å²) in [4.78, 5) is 4.21. The molecular formula is C11H16BrFN4O. The molecule has 1 aromatic rings. The Morgan fingerprint density at radius 2 is 2.33 bits per heavy atom. The molecule has 0 amide bonds. The van der Waals surface area contributed by atoms with E-state index in [0.29, 0.717) is 29.3 Å². The first-order valence-electron chi connectivity index (χ1n) is 5.39. The van der Waals surface area contributed by atoms with Gasteiger partial charge in [-0.05, 0) is 40.5 Å². The van der Waals surface area contributed by atoms with E-state index in [9.17, 15) is 4.39 Å². The molecular weight excluding hydrogens is 303 g/mol. The molecule has 5 nitrogen and oxygen atoms in total. The SMILES string of the molecule is COCCCN=C(NN)Nc1ccc(F)c(Br)c1. The lowest BCUT2D eigenvalue weighted by atomic mass is 10.3. The summed E-state index contributed by atoms with van der Waals surface area (Å²) in [6.45, 7) is 1.23. The van der Waals surface area contributed by atoms with Crippen LogP contribution in [0, 0.1) is 5.82 Å². The Balaban J connectivity index is 2.58. The quantitative estimate of drug-likeness (QED) is 0.255. The second kappa shape index (κ2) is 8.02. The molecule has 0 atom stereocenters. The Labute approximate surface area is 114 Å². The van der Waals surface area contributed by atoms with Crippen molar-refractivity contribution < 1.29 is 9.13 Å². The van der Waals surface area contributed by atoms with Gasteiger partial charge in [-0.15, -0.1) is 0 Å². The van der Waals surface area contributed by atoms with E-state index in [0.717, 1.165) is 6.42 Å². The summed E-state index contributed by atoms with van der Waals surface area (Å²) in [6, 6.07) is 4.56. The number of benzene rings is 1. The Bertz CT molecular complexity index is 414. The van der Waals surface area contributed by atoms with Crippen LogP contribution in [0.25, 0.3) is 0 Å². The van der Waals surface area contributed by atoms with Crippen LogP contribution in [0.5, 0.6) is 0 Å². The summed E-state index contributed by atoms with van der Waals surface area (Å²) in [5.41, 5.74) is 3.14. The molecule has 0 fully saturated rings. The first-order chi connectivity index (χ1) is 8.67. The molecule has 0 unspecified atom stereocenters. The summed E-state index contributed by atoms with van der Waals surface area (Å²) < 4.78 is 18.3. The number of halogens is 2. The number of nitrogens with zero attached hydrogens (tertiary/aromatic N) is 1. The van der Waals surface area contributed by atoms with Crippen molar-refractivity contribution >= 4 is 27.6 Å². The fourth-order valence-electron chi connectivity index (χ4n) is 1.23. The van der Waals surface area contributed by atoms with Gasteiger partial charge in [-0.1, -0.05) is 0 Å². The summed E-state index contributed by atoms with van der Waals surface area (Å²) >= 11 is 3.11. The normalized spacial score (nSPS) is 11.4. The maximum atomic E-state index is 13.0. The first kappa shape index (κ1) is 14.9. The van der Waals surface area contributed by atoms with Gasteiger partial charge >= 0.3 is 0 Å². The van der Waals surface area contributed by atoms with Crippen LogP contribution >= 0.6 is 15.9 Å². The number of aliphatic imine (C=N–C) groups is 1. The van der Waals surface area contributed by atoms with E-state index in [1.807, 2.05) is 0 Å². The molecule has 0 spiro atoms. The van der Waals surface area contributed by atoms with Gasteiger partial charge in [0.2, 0.25) is 5.96 Å². The van der Waals surface area contributed by atoms with Crippen LogP contribution < -0.4 is 16.6 Å². The van der Waals surface area contributed by atoms with Gasteiger partial charge in [0, 0.05) is 25.9 Å². The minimum absolute atomic E-state index is 0.320. The number of anilines is 1. The highest BCUT2D eigenvalue weighted by molar-refractivity contribution is 9.10. The number of hydrazine groups is 1. The van der Waals surface area contributed by atoms with Gasteiger partial charge in [0.15, 0.2) is 0 Å². The Kier molecular flexibility index (Phi) is 6.63. The van der Waals surface area contributed by atoms with E-state index in [1.165, 1.54) is 6.07 Å². The van der Waals surface area contributed by atoms with Crippen molar-refractivity contribution in [1.82, 2.24) is 5.43 Å². The van der Waals surface area contributed by atoms with Gasteiger partial charge in [0.1, 0.15) is 5.82 Å². The number of guanidine groups is 1. The van der Waals surface area contributed by atoms with Crippen molar-refractivity contribution in [1.29, 1.82) is 0 Å². The third-order valence-electron chi connectivity index (χ3n) is 2.10. The molecule has 7 heteroatoms. The largest absolute Gasteiger partial charge is 0.385 e. The Morgan fingerprint density at radius 3 is 2.94 bits per heavy atom. The predicted octanol–water partition coefficient (Wildman–Crippen LogP) is 1.86. The average Bonchev–Trinajstić information content (AvgIpc) is 2.37. The van der Waals surface area contributed by atoms with E-state index >= 15 is 0 Å². The number of ether oxygens (including phenoxy) is 1. The van der Waals surface area contributed by atoms with Crippen LogP contribution in [-0.4, -0.2) is 26.2 Å². The molecule has 1 rings (SSSR count). The van der Waals surface area contributed by atoms with Crippen LogP contribution in [0.3, 0.4) is 0 Å². The van der Waals surface area contributed by atoms with E-state index in [1.54, 1.807) is 19.2 Å². The summed E-state index contributed by atoms with van der Waals surface area (Å²) in [6.07, 6.45) is 0.802. The van der Waals surface area contributed by atoms with Crippen LogP contribution in [0.15, 0.2) is 27.7 Å². The van der Waals surface area contributed by atoms with E-state index in [-0.39, 0.29) is 5.82 Å². The zero-order valence-electron chi connectivity index (χ0n) is 10.0. The molecule has 4 N–H and O–H groups in total. The maximum Gasteiger partial charge on any atom is 0.210 e. The minimum Gasteiger partial charge on any atom is -0.385 e. The number of hydrogen-bond acceptors (Lipinski definition) is 3. The molecule has 0 aliphatic heterocycles. The lowest BCUT2D eigenvalue weighted by molar-refractivity contribution is 0.197. The highest BCUT2D eigenvalue weighted by Gasteiger charge is 2.02. The number of rotatable bonds is 5. The first-order valence-corrected chi connectivity index (χ1v) is 6.18. The standard InChI is InChI=1S/C11H16BrFN4O/c1-18-6-2-5-15-11(17-14)16-8-3-4-10(13)9(12)7-8/h3-4,7H,2,5-6,14H2,1H3,(H2,15,16,17). The molecule has 0 saturated carbocycles. The third-order valence-corrected chi connectivity index (χ3v) is 2.70. The molecule has 0 aliphatic carbocycles. The fourth-order valence-corrected chi connectivity index (χ4v) is 1.61. The average molecular weight is 319 g/mol. The molecule has 100 valence electrons. The van der Waals surface area contributed by atoms with Crippen molar-refractivity contribution in [3.63, 3.8) is 0 Å². The minimum atomic E-state index is -0.320. The molecule has 0 saturated heterocycles. The Hall–Kier alpha value is -1.18. The van der Waals surface area contributed by atoms with Crippen molar-refractivity contribution in [2.75, 3.05) is 25.6 Å². The van der Waals surface area contributed by atoms with Crippen LogP contribution in [0.2, 0.25) is 0 Å². The molecule has 0 bridgehead atoms. The van der Waals surface area contributed by atoms with Crippen LogP contribution in [0.1, 0.15) is 6.42 Å². The predicted molar refractivity (Wildman–Crippen MR) is 73.8 cm³/mol. The van der Waals surface area contributed by atoms with E-state index in [2.05, 4.69) is 31.7 Å². The maximum absolute atomic E-state index is 13.0. The Morgan fingerprint density at radius 1 is 1.56 bits per heavy atom. The van der Waals surface area contributed by atoms with Crippen molar-refractivity contribution in [2.24, 2.45) is 10.8 Å².